The number of H-pyrrole nitrogens is 1. The van der Waals surface area contributed by atoms with Crippen molar-refractivity contribution in [2.45, 2.75) is 0 Å². The fraction of sp³-hybridized carbons (Fsp3) is 0. The van der Waals surface area contributed by atoms with Crippen LogP contribution in [0.2, 0.25) is 0 Å². The van der Waals surface area contributed by atoms with Crippen molar-refractivity contribution in [3.63, 3.8) is 0 Å². The van der Waals surface area contributed by atoms with E-state index in [0.717, 1.165) is 9.35 Å². The highest BCUT2D eigenvalue weighted by atomic mass is 79.9. The van der Waals surface area contributed by atoms with Crippen LogP contribution in [0.25, 0.3) is 10.4 Å². The Kier molecular flexibility index (Phi) is 2.49. The number of aromatic amines is 1. The zero-order valence-electron chi connectivity index (χ0n) is 7.32. The van der Waals surface area contributed by atoms with Gasteiger partial charge in [-0.2, -0.15) is 5.10 Å². The minimum absolute atomic E-state index is 0.0156. The van der Waals surface area contributed by atoms with E-state index < -0.39 is 5.97 Å². The number of anilines is 1. The molecule has 2 rings (SSSR count). The van der Waals surface area contributed by atoms with Crippen LogP contribution < -0.4 is 5.73 Å². The quantitative estimate of drug-likeness (QED) is 0.789. The highest BCUT2D eigenvalue weighted by Crippen LogP contribution is 2.34. The molecule has 0 aliphatic carbocycles. The first-order chi connectivity index (χ1) is 7.09. The number of nitrogen functional groups attached to an aromatic ring is 1. The summed E-state index contributed by atoms with van der Waals surface area (Å²) in [5.41, 5.74) is 6.06. The third kappa shape index (κ3) is 1.75. The normalized spacial score (nSPS) is 10.5. The molecule has 0 aromatic carbocycles. The van der Waals surface area contributed by atoms with Gasteiger partial charge in [0, 0.05) is 14.7 Å². The number of nitrogens with one attached hydrogen (secondary N) is 1. The van der Waals surface area contributed by atoms with Crippen LogP contribution in [0.5, 0.6) is 0 Å². The van der Waals surface area contributed by atoms with Crippen LogP contribution in [-0.2, 0) is 0 Å². The molecule has 78 valence electrons. The smallest absolute Gasteiger partial charge is 0.354 e. The van der Waals surface area contributed by atoms with Crippen LogP contribution in [-0.4, -0.2) is 21.3 Å². The number of carboxylic acid groups (broad SMARTS) is 1. The van der Waals surface area contributed by atoms with Crippen LogP contribution in [0, 0.1) is 0 Å². The molecule has 0 spiro atoms. The van der Waals surface area contributed by atoms with Crippen molar-refractivity contribution in [1.82, 2.24) is 10.2 Å². The van der Waals surface area contributed by atoms with Crippen LogP contribution in [0.3, 0.4) is 0 Å². The van der Waals surface area contributed by atoms with E-state index in [-0.39, 0.29) is 11.5 Å². The highest BCUT2D eigenvalue weighted by molar-refractivity contribution is 9.10. The van der Waals surface area contributed by atoms with Crippen molar-refractivity contribution in [3.8, 4) is 10.4 Å². The Balaban J connectivity index is 2.60. The van der Waals surface area contributed by atoms with E-state index in [9.17, 15) is 4.79 Å². The predicted molar refractivity (Wildman–Crippen MR) is 61.0 cm³/mol. The molecule has 0 amide bonds. The topological polar surface area (TPSA) is 92.0 Å². The Morgan fingerprint density at radius 3 is 2.93 bits per heavy atom. The number of nitrogens with zero attached hydrogens (tertiary/aromatic N) is 1. The van der Waals surface area contributed by atoms with Gasteiger partial charge < -0.3 is 10.8 Å². The second kappa shape index (κ2) is 3.67. The zero-order chi connectivity index (χ0) is 11.0. The molecule has 0 aliphatic rings. The summed E-state index contributed by atoms with van der Waals surface area (Å²) >= 11 is 4.70. The molecule has 0 aliphatic heterocycles. The number of nitrogens with two attached hydrogens (primary N) is 1. The van der Waals surface area contributed by atoms with Gasteiger partial charge in [0.1, 0.15) is 0 Å². The van der Waals surface area contributed by atoms with Crippen LogP contribution in [0.4, 0.5) is 5.82 Å². The third-order valence-corrected chi connectivity index (χ3v) is 3.53. The van der Waals surface area contributed by atoms with Gasteiger partial charge in [0.25, 0.3) is 0 Å². The first-order valence-electron chi connectivity index (χ1n) is 3.91. The van der Waals surface area contributed by atoms with E-state index in [2.05, 4.69) is 26.1 Å². The maximum Gasteiger partial charge on any atom is 0.354 e. The van der Waals surface area contributed by atoms with Crippen molar-refractivity contribution in [3.05, 3.63) is 21.6 Å². The average Bonchev–Trinajstić information content (AvgIpc) is 2.71. The molecule has 0 unspecified atom stereocenters. The Labute approximate surface area is 97.1 Å². The van der Waals surface area contributed by atoms with E-state index in [1.165, 1.54) is 11.3 Å². The molecule has 2 aromatic heterocycles. The summed E-state index contributed by atoms with van der Waals surface area (Å²) < 4.78 is 0.888. The molecule has 0 radical (unpaired) electrons. The van der Waals surface area contributed by atoms with E-state index in [0.29, 0.717) is 5.56 Å². The standard InChI is InChI=1S/C8H6BrN3O2S/c9-3-1-4(15-2-3)5-6(8(13)14)11-12-7(5)10/h1-2H,(H,13,14)(H3,10,11,12). The minimum Gasteiger partial charge on any atom is -0.477 e. The van der Waals surface area contributed by atoms with Gasteiger partial charge in [0.15, 0.2) is 11.5 Å². The van der Waals surface area contributed by atoms with Crippen molar-refractivity contribution in [2.24, 2.45) is 0 Å². The van der Waals surface area contributed by atoms with Gasteiger partial charge >= 0.3 is 5.97 Å². The van der Waals surface area contributed by atoms with E-state index in [1.54, 1.807) is 6.07 Å². The van der Waals surface area contributed by atoms with E-state index in [4.69, 9.17) is 10.8 Å². The molecule has 0 saturated heterocycles. The molecule has 2 aromatic rings. The second-order valence-corrected chi connectivity index (χ2v) is 4.62. The SMILES string of the molecule is Nc1n[nH]c(C(=O)O)c1-c1cc(Br)cs1. The lowest BCUT2D eigenvalue weighted by molar-refractivity contribution is 0.0691. The van der Waals surface area contributed by atoms with Gasteiger partial charge in [-0.05, 0) is 22.0 Å². The number of carbonyl (C=O) groups is 1. The molecule has 0 fully saturated rings. The third-order valence-electron chi connectivity index (χ3n) is 1.82. The van der Waals surface area contributed by atoms with Crippen molar-refractivity contribution >= 4 is 39.1 Å². The van der Waals surface area contributed by atoms with Crippen molar-refractivity contribution in [2.75, 3.05) is 5.73 Å². The Morgan fingerprint density at radius 2 is 2.40 bits per heavy atom. The number of rotatable bonds is 2. The van der Waals surface area contributed by atoms with Crippen LogP contribution >= 0.6 is 27.3 Å². The van der Waals surface area contributed by atoms with Gasteiger partial charge in [-0.3, -0.25) is 5.10 Å². The number of aromatic carboxylic acids is 1. The number of aromatic nitrogens is 2. The minimum atomic E-state index is -1.07. The molecule has 0 bridgehead atoms. The summed E-state index contributed by atoms with van der Waals surface area (Å²) in [5.74, 6) is -0.875. The zero-order valence-corrected chi connectivity index (χ0v) is 9.72. The lowest BCUT2D eigenvalue weighted by atomic mass is 10.2. The van der Waals surface area contributed by atoms with Crippen LogP contribution in [0.1, 0.15) is 10.5 Å². The van der Waals surface area contributed by atoms with Crippen molar-refractivity contribution < 1.29 is 9.90 Å². The first-order valence-corrected chi connectivity index (χ1v) is 5.58. The first kappa shape index (κ1) is 10.2. The summed E-state index contributed by atoms with van der Waals surface area (Å²) in [7, 11) is 0. The van der Waals surface area contributed by atoms with E-state index >= 15 is 0 Å². The molecule has 0 atom stereocenters. The van der Waals surface area contributed by atoms with Gasteiger partial charge in [0.2, 0.25) is 0 Å². The number of hydrogen-bond donors (Lipinski definition) is 3. The Hall–Kier alpha value is -1.34. The van der Waals surface area contributed by atoms with Gasteiger partial charge in [-0.25, -0.2) is 4.79 Å². The number of carboxylic acids is 1. The Bertz CT molecular complexity index is 520. The molecule has 15 heavy (non-hydrogen) atoms. The highest BCUT2D eigenvalue weighted by Gasteiger charge is 2.19. The number of halogens is 1. The molecular weight excluding hydrogens is 282 g/mol. The maximum atomic E-state index is 10.9. The average molecular weight is 288 g/mol. The summed E-state index contributed by atoms with van der Waals surface area (Å²) in [5, 5.41) is 16.9. The second-order valence-electron chi connectivity index (χ2n) is 2.79. The fourth-order valence-electron chi connectivity index (χ4n) is 1.20. The largest absolute Gasteiger partial charge is 0.477 e. The van der Waals surface area contributed by atoms with Gasteiger partial charge in [0.05, 0.1) is 5.56 Å². The molecule has 0 saturated carbocycles. The van der Waals surface area contributed by atoms with Crippen molar-refractivity contribution in [1.29, 1.82) is 0 Å². The molecule has 4 N–H and O–H groups in total. The molecule has 5 nitrogen and oxygen atoms in total. The summed E-state index contributed by atoms with van der Waals surface area (Å²) in [6.45, 7) is 0. The summed E-state index contributed by atoms with van der Waals surface area (Å²) in [6.07, 6.45) is 0. The molecule has 7 heteroatoms. The predicted octanol–water partition coefficient (Wildman–Crippen LogP) is 2.18. The van der Waals surface area contributed by atoms with Gasteiger partial charge in [-0.15, -0.1) is 11.3 Å². The summed E-state index contributed by atoms with van der Waals surface area (Å²) in [6, 6.07) is 1.80. The lowest BCUT2D eigenvalue weighted by Gasteiger charge is -1.95. The molecular formula is C8H6BrN3O2S. The number of hydrogen-bond acceptors (Lipinski definition) is 4. The number of thiophene rings is 1. The maximum absolute atomic E-state index is 10.9. The lowest BCUT2D eigenvalue weighted by Crippen LogP contribution is -1.98. The monoisotopic (exact) mass is 287 g/mol. The van der Waals surface area contributed by atoms with Gasteiger partial charge in [-0.1, -0.05) is 0 Å². The van der Waals surface area contributed by atoms with Crippen LogP contribution in [0.15, 0.2) is 15.9 Å². The fourth-order valence-corrected chi connectivity index (χ4v) is 2.69. The summed E-state index contributed by atoms with van der Waals surface area (Å²) in [4.78, 5) is 11.7. The van der Waals surface area contributed by atoms with E-state index in [1.807, 2.05) is 5.38 Å². The molecule has 2 heterocycles. The Morgan fingerprint density at radius 1 is 1.67 bits per heavy atom.